The van der Waals surface area contributed by atoms with Gasteiger partial charge < -0.3 is 14.5 Å². The number of hydrogen-bond donors (Lipinski definition) is 1. The third kappa shape index (κ3) is 4.11. The van der Waals surface area contributed by atoms with E-state index in [4.69, 9.17) is 9.15 Å². The highest BCUT2D eigenvalue weighted by Crippen LogP contribution is 2.27. The Bertz CT molecular complexity index is 1100. The van der Waals surface area contributed by atoms with Crippen LogP contribution in [0, 0.1) is 6.92 Å². The van der Waals surface area contributed by atoms with E-state index in [9.17, 15) is 14.4 Å². The maximum absolute atomic E-state index is 12.3. The van der Waals surface area contributed by atoms with E-state index >= 15 is 0 Å². The number of esters is 1. The standard InChI is InChI=1S/C22H21NO5/c1-13(2)15-9-6-7-14(3)21(15)23-20(25)12-27-22(26)19-11-17(24)16-8-4-5-10-18(16)28-19/h4-11,13H,12H2,1-3H3,(H,23,25). The molecule has 1 aromatic heterocycles. The molecule has 0 bridgehead atoms. The minimum atomic E-state index is -0.869. The SMILES string of the molecule is Cc1cccc(C(C)C)c1NC(=O)COC(=O)c1cc(=O)c2ccccc2o1. The van der Waals surface area contributed by atoms with Crippen molar-refractivity contribution in [3.05, 3.63) is 75.6 Å². The number of ether oxygens (including phenoxy) is 1. The van der Waals surface area contributed by atoms with Gasteiger partial charge in [0.25, 0.3) is 5.91 Å². The third-order valence-electron chi connectivity index (χ3n) is 4.36. The normalized spacial score (nSPS) is 10.9. The first-order valence-corrected chi connectivity index (χ1v) is 8.96. The molecule has 0 radical (unpaired) electrons. The highest BCUT2D eigenvalue weighted by molar-refractivity contribution is 5.96. The summed E-state index contributed by atoms with van der Waals surface area (Å²) < 4.78 is 10.4. The predicted octanol–water partition coefficient (Wildman–Crippen LogP) is 4.02. The Hall–Kier alpha value is -3.41. The molecule has 144 valence electrons. The number of aryl methyl sites for hydroxylation is 1. The second kappa shape index (κ2) is 8.08. The number of nitrogens with one attached hydrogen (secondary N) is 1. The van der Waals surface area contributed by atoms with Crippen LogP contribution in [-0.4, -0.2) is 18.5 Å². The van der Waals surface area contributed by atoms with Gasteiger partial charge in [-0.05, 0) is 36.1 Å². The average Bonchev–Trinajstić information content (AvgIpc) is 2.67. The van der Waals surface area contributed by atoms with E-state index in [2.05, 4.69) is 5.32 Å². The topological polar surface area (TPSA) is 85.6 Å². The summed E-state index contributed by atoms with van der Waals surface area (Å²) >= 11 is 0. The molecule has 0 atom stereocenters. The van der Waals surface area contributed by atoms with Crippen LogP contribution >= 0.6 is 0 Å². The molecule has 1 N–H and O–H groups in total. The van der Waals surface area contributed by atoms with Crippen LogP contribution in [0.3, 0.4) is 0 Å². The summed E-state index contributed by atoms with van der Waals surface area (Å²) in [5, 5.41) is 3.17. The van der Waals surface area contributed by atoms with Gasteiger partial charge in [-0.1, -0.05) is 44.2 Å². The number of anilines is 1. The third-order valence-corrected chi connectivity index (χ3v) is 4.36. The molecular formula is C22H21NO5. The Morgan fingerprint density at radius 1 is 1.11 bits per heavy atom. The fourth-order valence-electron chi connectivity index (χ4n) is 2.92. The molecule has 0 spiro atoms. The molecule has 0 saturated heterocycles. The summed E-state index contributed by atoms with van der Waals surface area (Å²) in [5.41, 5.74) is 2.58. The molecule has 0 fully saturated rings. The van der Waals surface area contributed by atoms with Crippen LogP contribution in [-0.2, 0) is 9.53 Å². The van der Waals surface area contributed by atoms with Gasteiger partial charge >= 0.3 is 5.97 Å². The molecular weight excluding hydrogens is 358 g/mol. The lowest BCUT2D eigenvalue weighted by molar-refractivity contribution is -0.119. The summed E-state index contributed by atoms with van der Waals surface area (Å²) in [6.07, 6.45) is 0. The van der Waals surface area contributed by atoms with E-state index in [0.717, 1.165) is 22.9 Å². The van der Waals surface area contributed by atoms with Crippen molar-refractivity contribution in [2.24, 2.45) is 0 Å². The lowest BCUT2D eigenvalue weighted by atomic mass is 9.98. The molecule has 28 heavy (non-hydrogen) atoms. The Kier molecular flexibility index (Phi) is 5.59. The van der Waals surface area contributed by atoms with Gasteiger partial charge in [-0.25, -0.2) is 4.79 Å². The number of fused-ring (bicyclic) bond motifs is 1. The van der Waals surface area contributed by atoms with E-state index in [0.29, 0.717) is 5.39 Å². The fourth-order valence-corrected chi connectivity index (χ4v) is 2.92. The van der Waals surface area contributed by atoms with E-state index in [-0.39, 0.29) is 22.7 Å². The molecule has 3 rings (SSSR count). The summed E-state index contributed by atoms with van der Waals surface area (Å²) in [4.78, 5) is 36.6. The summed E-state index contributed by atoms with van der Waals surface area (Å²) in [6.45, 7) is 5.48. The van der Waals surface area contributed by atoms with Crippen LogP contribution in [0.1, 0.15) is 41.4 Å². The Morgan fingerprint density at radius 2 is 1.86 bits per heavy atom. The monoisotopic (exact) mass is 379 g/mol. The van der Waals surface area contributed by atoms with Crippen molar-refractivity contribution < 1.29 is 18.7 Å². The van der Waals surface area contributed by atoms with Gasteiger partial charge in [0, 0.05) is 11.8 Å². The van der Waals surface area contributed by atoms with Crippen molar-refractivity contribution in [3.8, 4) is 0 Å². The maximum Gasteiger partial charge on any atom is 0.374 e. The molecule has 6 heteroatoms. The number of amides is 1. The zero-order valence-corrected chi connectivity index (χ0v) is 15.9. The molecule has 1 heterocycles. The highest BCUT2D eigenvalue weighted by Gasteiger charge is 2.17. The fraction of sp³-hybridized carbons (Fsp3) is 0.227. The molecule has 0 aliphatic carbocycles. The average molecular weight is 379 g/mol. The smallest absolute Gasteiger partial charge is 0.374 e. The number of carbonyl (C=O) groups excluding carboxylic acids is 2. The Labute approximate surface area is 162 Å². The second-order valence-electron chi connectivity index (χ2n) is 6.79. The zero-order chi connectivity index (χ0) is 20.3. The van der Waals surface area contributed by atoms with Crippen molar-refractivity contribution in [1.82, 2.24) is 0 Å². The van der Waals surface area contributed by atoms with Crippen molar-refractivity contribution in [3.63, 3.8) is 0 Å². The largest absolute Gasteiger partial charge is 0.450 e. The molecule has 0 aliphatic rings. The lowest BCUT2D eigenvalue weighted by Gasteiger charge is -2.16. The molecule has 3 aromatic rings. The first kappa shape index (κ1) is 19.4. The van der Waals surface area contributed by atoms with Crippen molar-refractivity contribution in [1.29, 1.82) is 0 Å². The van der Waals surface area contributed by atoms with Gasteiger partial charge in [0.1, 0.15) is 5.58 Å². The number of rotatable bonds is 5. The Balaban J connectivity index is 1.70. The van der Waals surface area contributed by atoms with E-state index in [1.54, 1.807) is 24.3 Å². The Morgan fingerprint density at radius 3 is 2.61 bits per heavy atom. The van der Waals surface area contributed by atoms with Gasteiger partial charge in [0.15, 0.2) is 12.0 Å². The molecule has 0 saturated carbocycles. The van der Waals surface area contributed by atoms with Gasteiger partial charge in [-0.3, -0.25) is 9.59 Å². The van der Waals surface area contributed by atoms with Crippen LogP contribution in [0.2, 0.25) is 0 Å². The summed E-state index contributed by atoms with van der Waals surface area (Å²) in [5.74, 6) is -1.35. The van der Waals surface area contributed by atoms with Crippen LogP contribution in [0.4, 0.5) is 5.69 Å². The highest BCUT2D eigenvalue weighted by atomic mass is 16.5. The summed E-state index contributed by atoms with van der Waals surface area (Å²) in [6, 6.07) is 13.5. The van der Waals surface area contributed by atoms with Crippen LogP contribution in [0.15, 0.2) is 57.7 Å². The maximum atomic E-state index is 12.3. The van der Waals surface area contributed by atoms with Gasteiger partial charge in [-0.2, -0.15) is 0 Å². The number of para-hydroxylation sites is 2. The van der Waals surface area contributed by atoms with Crippen molar-refractivity contribution in [2.45, 2.75) is 26.7 Å². The molecule has 0 aliphatic heterocycles. The van der Waals surface area contributed by atoms with Crippen molar-refractivity contribution in [2.75, 3.05) is 11.9 Å². The second-order valence-corrected chi connectivity index (χ2v) is 6.79. The van der Waals surface area contributed by atoms with Crippen molar-refractivity contribution >= 4 is 28.5 Å². The number of hydrogen-bond acceptors (Lipinski definition) is 5. The molecule has 6 nitrogen and oxygen atoms in total. The predicted molar refractivity (Wildman–Crippen MR) is 107 cm³/mol. The van der Waals surface area contributed by atoms with Gasteiger partial charge in [0.2, 0.25) is 5.76 Å². The number of carbonyl (C=O) groups is 2. The van der Waals surface area contributed by atoms with Crippen LogP contribution in [0.5, 0.6) is 0 Å². The summed E-state index contributed by atoms with van der Waals surface area (Å²) in [7, 11) is 0. The molecule has 1 amide bonds. The van der Waals surface area contributed by atoms with Gasteiger partial charge in [-0.15, -0.1) is 0 Å². The van der Waals surface area contributed by atoms with E-state index in [1.807, 2.05) is 39.0 Å². The first-order chi connectivity index (χ1) is 13.4. The molecule has 0 unspecified atom stereocenters. The zero-order valence-electron chi connectivity index (χ0n) is 15.9. The number of benzene rings is 2. The molecule has 2 aromatic carbocycles. The minimum Gasteiger partial charge on any atom is -0.450 e. The van der Waals surface area contributed by atoms with E-state index in [1.165, 1.54) is 0 Å². The minimum absolute atomic E-state index is 0.227. The van der Waals surface area contributed by atoms with Crippen LogP contribution < -0.4 is 10.7 Å². The first-order valence-electron chi connectivity index (χ1n) is 8.96. The van der Waals surface area contributed by atoms with Crippen LogP contribution in [0.25, 0.3) is 11.0 Å². The lowest BCUT2D eigenvalue weighted by Crippen LogP contribution is -2.22. The van der Waals surface area contributed by atoms with Gasteiger partial charge in [0.05, 0.1) is 5.39 Å². The quantitative estimate of drug-likeness (QED) is 0.677. The van der Waals surface area contributed by atoms with E-state index < -0.39 is 18.5 Å².